The Hall–Kier alpha value is -1.90. The van der Waals surface area contributed by atoms with Crippen LogP contribution in [0.25, 0.3) is 11.0 Å². The van der Waals surface area contributed by atoms with Gasteiger partial charge in [-0.15, -0.1) is 22.9 Å². The number of nitrogens with zero attached hydrogens (tertiary/aromatic N) is 4. The maximum Gasteiger partial charge on any atom is 0.128 e. The Morgan fingerprint density at radius 1 is 1.48 bits per heavy atom. The minimum Gasteiger partial charge on any atom is -0.321 e. The molecule has 0 fully saturated rings. The molecule has 0 radical (unpaired) electrons. The highest BCUT2D eigenvalue weighted by atomic mass is 35.5. The van der Waals surface area contributed by atoms with Crippen molar-refractivity contribution in [1.29, 1.82) is 5.26 Å². The summed E-state index contributed by atoms with van der Waals surface area (Å²) in [5.41, 5.74) is 2.22. The maximum absolute atomic E-state index is 9.23. The summed E-state index contributed by atoms with van der Waals surface area (Å²) in [5.74, 6) is 0.778. The van der Waals surface area contributed by atoms with Crippen molar-refractivity contribution in [3.8, 4) is 6.07 Å². The number of aryl methyl sites for hydroxylation is 1. The third kappa shape index (κ3) is 2.53. The largest absolute Gasteiger partial charge is 0.321 e. The molecule has 0 saturated heterocycles. The van der Waals surface area contributed by atoms with Gasteiger partial charge < -0.3 is 4.57 Å². The summed E-state index contributed by atoms with van der Waals surface area (Å²) in [4.78, 5) is 10.0. The van der Waals surface area contributed by atoms with Gasteiger partial charge >= 0.3 is 0 Å². The lowest BCUT2D eigenvalue weighted by Gasteiger charge is -2.08. The Bertz CT molecular complexity index is 841. The van der Waals surface area contributed by atoms with E-state index in [-0.39, 0.29) is 5.38 Å². The van der Waals surface area contributed by atoms with Crippen molar-refractivity contribution in [3.63, 3.8) is 0 Å². The fourth-order valence-corrected chi connectivity index (χ4v) is 3.31. The van der Waals surface area contributed by atoms with Crippen LogP contribution >= 0.6 is 22.9 Å². The monoisotopic (exact) mass is 316 g/mol. The molecule has 2 aromatic heterocycles. The lowest BCUT2D eigenvalue weighted by molar-refractivity contribution is 0.749. The molecular formula is C15H13ClN4S. The van der Waals surface area contributed by atoms with Gasteiger partial charge in [-0.05, 0) is 26.0 Å². The number of thiazole rings is 1. The van der Waals surface area contributed by atoms with Crippen LogP contribution in [0.3, 0.4) is 0 Å². The number of para-hydroxylation sites is 1. The predicted octanol–water partition coefficient (Wildman–Crippen LogP) is 4.02. The van der Waals surface area contributed by atoms with E-state index < -0.39 is 0 Å². The van der Waals surface area contributed by atoms with Gasteiger partial charge in [0.05, 0.1) is 28.0 Å². The summed E-state index contributed by atoms with van der Waals surface area (Å²) < 4.78 is 2.07. The zero-order valence-electron chi connectivity index (χ0n) is 11.7. The molecule has 0 aliphatic carbocycles. The van der Waals surface area contributed by atoms with Crippen LogP contribution in [0.4, 0.5) is 0 Å². The SMILES string of the molecule is Cc1ncc(Cn2c(C(C)Cl)nc3c(C#N)cccc32)s1. The average molecular weight is 317 g/mol. The second-order valence-corrected chi connectivity index (χ2v) is 6.78. The molecule has 0 aliphatic rings. The van der Waals surface area contributed by atoms with Crippen LogP contribution < -0.4 is 0 Å². The number of imidazole rings is 1. The molecule has 0 spiro atoms. The van der Waals surface area contributed by atoms with Gasteiger partial charge in [-0.2, -0.15) is 5.26 Å². The summed E-state index contributed by atoms with van der Waals surface area (Å²) >= 11 is 7.93. The Kier molecular flexibility index (Phi) is 3.66. The molecule has 21 heavy (non-hydrogen) atoms. The Morgan fingerprint density at radius 3 is 2.90 bits per heavy atom. The maximum atomic E-state index is 9.23. The first-order chi connectivity index (χ1) is 10.1. The molecule has 2 heterocycles. The molecular weight excluding hydrogens is 304 g/mol. The first-order valence-corrected chi connectivity index (χ1v) is 7.80. The number of alkyl halides is 1. The molecule has 3 aromatic rings. The molecule has 0 bridgehead atoms. The van der Waals surface area contributed by atoms with E-state index in [9.17, 15) is 5.26 Å². The van der Waals surface area contributed by atoms with Gasteiger partial charge in [0.15, 0.2) is 0 Å². The Labute approximate surface area is 131 Å². The minimum atomic E-state index is -0.224. The van der Waals surface area contributed by atoms with E-state index in [0.717, 1.165) is 21.2 Å². The van der Waals surface area contributed by atoms with Gasteiger partial charge in [0, 0.05) is 11.1 Å². The van der Waals surface area contributed by atoms with Crippen LogP contribution in [0.5, 0.6) is 0 Å². The van der Waals surface area contributed by atoms with Crippen LogP contribution in [-0.4, -0.2) is 14.5 Å². The van der Waals surface area contributed by atoms with E-state index in [1.54, 1.807) is 17.4 Å². The van der Waals surface area contributed by atoms with Gasteiger partial charge in [-0.3, -0.25) is 0 Å². The van der Waals surface area contributed by atoms with E-state index in [4.69, 9.17) is 11.6 Å². The third-order valence-corrected chi connectivity index (χ3v) is 4.36. The van der Waals surface area contributed by atoms with E-state index in [2.05, 4.69) is 20.6 Å². The van der Waals surface area contributed by atoms with Crippen molar-refractivity contribution in [2.45, 2.75) is 25.8 Å². The van der Waals surface area contributed by atoms with Crippen molar-refractivity contribution in [2.24, 2.45) is 0 Å². The second kappa shape index (κ2) is 5.47. The summed E-state index contributed by atoms with van der Waals surface area (Å²) in [6, 6.07) is 7.81. The van der Waals surface area contributed by atoms with E-state index in [0.29, 0.717) is 17.6 Å². The van der Waals surface area contributed by atoms with Crippen molar-refractivity contribution in [2.75, 3.05) is 0 Å². The van der Waals surface area contributed by atoms with Crippen molar-refractivity contribution in [3.05, 3.63) is 45.7 Å². The number of nitriles is 1. The zero-order valence-corrected chi connectivity index (χ0v) is 13.2. The van der Waals surface area contributed by atoms with Gasteiger partial charge in [-0.25, -0.2) is 9.97 Å². The highest BCUT2D eigenvalue weighted by Crippen LogP contribution is 2.28. The average Bonchev–Trinajstić information content (AvgIpc) is 3.03. The molecule has 4 nitrogen and oxygen atoms in total. The van der Waals surface area contributed by atoms with Crippen LogP contribution in [0, 0.1) is 18.3 Å². The first-order valence-electron chi connectivity index (χ1n) is 6.54. The number of benzene rings is 1. The normalized spacial score (nSPS) is 12.5. The Balaban J connectivity index is 2.19. The number of hydrogen-bond donors (Lipinski definition) is 0. The van der Waals surface area contributed by atoms with Crippen LogP contribution in [0.1, 0.15) is 33.6 Å². The standard InChI is InChI=1S/C15H13ClN4S/c1-9(16)15-19-14-11(6-17)4-3-5-13(14)20(15)8-12-7-18-10(2)21-12/h3-5,7,9H,8H2,1-2H3. The third-order valence-electron chi connectivity index (χ3n) is 3.27. The highest BCUT2D eigenvalue weighted by Gasteiger charge is 2.17. The zero-order chi connectivity index (χ0) is 15.0. The topological polar surface area (TPSA) is 54.5 Å². The molecule has 0 aliphatic heterocycles. The smallest absolute Gasteiger partial charge is 0.128 e. The summed E-state index contributed by atoms with van der Waals surface area (Å²) in [5, 5.41) is 10.0. The van der Waals surface area contributed by atoms with Crippen molar-refractivity contribution >= 4 is 34.0 Å². The lowest BCUT2D eigenvalue weighted by Crippen LogP contribution is -2.04. The number of hydrogen-bond acceptors (Lipinski definition) is 4. The minimum absolute atomic E-state index is 0.224. The quantitative estimate of drug-likeness (QED) is 0.686. The fourth-order valence-electron chi connectivity index (χ4n) is 2.36. The van der Waals surface area contributed by atoms with Crippen LogP contribution in [0.2, 0.25) is 0 Å². The van der Waals surface area contributed by atoms with Crippen molar-refractivity contribution < 1.29 is 0 Å². The summed E-state index contributed by atoms with van der Waals surface area (Å²) in [7, 11) is 0. The van der Waals surface area contributed by atoms with Crippen LogP contribution in [0.15, 0.2) is 24.4 Å². The van der Waals surface area contributed by atoms with E-state index >= 15 is 0 Å². The number of aromatic nitrogens is 3. The molecule has 3 rings (SSSR count). The highest BCUT2D eigenvalue weighted by molar-refractivity contribution is 7.11. The molecule has 1 atom stereocenters. The predicted molar refractivity (Wildman–Crippen MR) is 84.7 cm³/mol. The second-order valence-electron chi connectivity index (χ2n) is 4.80. The van der Waals surface area contributed by atoms with E-state index in [1.807, 2.05) is 32.2 Å². The lowest BCUT2D eigenvalue weighted by atomic mass is 10.2. The number of fused-ring (bicyclic) bond motifs is 1. The number of halogens is 1. The van der Waals surface area contributed by atoms with Gasteiger partial charge in [0.2, 0.25) is 0 Å². The van der Waals surface area contributed by atoms with Crippen LogP contribution in [-0.2, 0) is 6.54 Å². The Morgan fingerprint density at radius 2 is 2.29 bits per heavy atom. The van der Waals surface area contributed by atoms with Gasteiger partial charge in [-0.1, -0.05) is 6.07 Å². The van der Waals surface area contributed by atoms with Gasteiger partial charge in [0.25, 0.3) is 0 Å². The molecule has 106 valence electrons. The number of rotatable bonds is 3. The molecule has 0 saturated carbocycles. The summed E-state index contributed by atoms with van der Waals surface area (Å²) in [6.07, 6.45) is 1.88. The molecule has 0 N–H and O–H groups in total. The van der Waals surface area contributed by atoms with Gasteiger partial charge in [0.1, 0.15) is 17.4 Å². The molecule has 1 aromatic carbocycles. The molecule has 6 heteroatoms. The molecule has 0 amide bonds. The van der Waals surface area contributed by atoms with Crippen molar-refractivity contribution in [1.82, 2.24) is 14.5 Å². The van der Waals surface area contributed by atoms with E-state index in [1.165, 1.54) is 0 Å². The summed E-state index contributed by atoms with van der Waals surface area (Å²) in [6.45, 7) is 4.55. The fraction of sp³-hybridized carbons (Fsp3) is 0.267. The first kappa shape index (κ1) is 14.1. The molecule has 1 unspecified atom stereocenters.